The van der Waals surface area contributed by atoms with Crippen LogP contribution in [0.2, 0.25) is 0 Å². The molecule has 0 aliphatic carbocycles. The first kappa shape index (κ1) is 13.2. The molecule has 0 spiro atoms. The minimum absolute atomic E-state index is 0.615. The lowest BCUT2D eigenvalue weighted by Gasteiger charge is -2.09. The second-order valence-corrected chi connectivity index (χ2v) is 4.52. The highest BCUT2D eigenvalue weighted by Crippen LogP contribution is 2.22. The first-order valence-corrected chi connectivity index (χ1v) is 5.97. The van der Waals surface area contributed by atoms with Gasteiger partial charge in [0.15, 0.2) is 0 Å². The summed E-state index contributed by atoms with van der Waals surface area (Å²) in [4.78, 5) is 4.24. The summed E-state index contributed by atoms with van der Waals surface area (Å²) in [6, 6.07) is 1.97. The molecule has 0 atom stereocenters. The Kier molecular flexibility index (Phi) is 5.49. The van der Waals surface area contributed by atoms with Gasteiger partial charge in [0.25, 0.3) is 0 Å². The van der Waals surface area contributed by atoms with Gasteiger partial charge < -0.3 is 10.1 Å². The van der Waals surface area contributed by atoms with Crippen LogP contribution in [0.3, 0.4) is 0 Å². The Hall–Kier alpha value is -0.870. The molecule has 88 valence electrons. The van der Waals surface area contributed by atoms with Crippen molar-refractivity contribution in [2.75, 3.05) is 25.1 Å². The van der Waals surface area contributed by atoms with Crippen LogP contribution in [0.15, 0.2) is 28.9 Å². The van der Waals surface area contributed by atoms with Gasteiger partial charge in [0.2, 0.25) is 0 Å². The smallest absolute Gasteiger partial charge is 0.140 e. The molecule has 0 bridgehead atoms. The van der Waals surface area contributed by atoms with E-state index in [2.05, 4.69) is 32.8 Å². The van der Waals surface area contributed by atoms with Crippen molar-refractivity contribution in [3.63, 3.8) is 0 Å². The van der Waals surface area contributed by atoms with E-state index in [4.69, 9.17) is 4.74 Å². The van der Waals surface area contributed by atoms with Gasteiger partial charge in [0.05, 0.1) is 17.7 Å². The van der Waals surface area contributed by atoms with Crippen LogP contribution in [-0.4, -0.2) is 24.7 Å². The van der Waals surface area contributed by atoms with Gasteiger partial charge in [-0.15, -0.1) is 0 Å². The fourth-order valence-electron chi connectivity index (χ4n) is 1.15. The number of aromatic nitrogens is 1. The lowest BCUT2D eigenvalue weighted by molar-refractivity contribution is 0.167. The average Bonchev–Trinajstić information content (AvgIpc) is 2.23. The predicted octanol–water partition coefficient (Wildman–Crippen LogP) is 3.16. The van der Waals surface area contributed by atoms with Crippen molar-refractivity contribution in [2.45, 2.75) is 13.8 Å². The van der Waals surface area contributed by atoms with E-state index in [-0.39, 0.29) is 0 Å². The normalized spacial score (nSPS) is 10.2. The Bertz CT molecular complexity index is 366. The maximum atomic E-state index is 5.38. The summed E-state index contributed by atoms with van der Waals surface area (Å²) in [7, 11) is 0. The SMILES string of the molecule is C=C(C)COCCNc1nccc(C)c1Br. The highest BCUT2D eigenvalue weighted by molar-refractivity contribution is 9.10. The van der Waals surface area contributed by atoms with E-state index in [1.54, 1.807) is 6.20 Å². The first-order chi connectivity index (χ1) is 7.61. The third-order valence-electron chi connectivity index (χ3n) is 1.97. The van der Waals surface area contributed by atoms with Gasteiger partial charge in [0.1, 0.15) is 5.82 Å². The van der Waals surface area contributed by atoms with Crippen molar-refractivity contribution < 1.29 is 4.74 Å². The highest BCUT2D eigenvalue weighted by Gasteiger charge is 2.02. The van der Waals surface area contributed by atoms with Gasteiger partial charge in [-0.25, -0.2) is 4.98 Å². The monoisotopic (exact) mass is 284 g/mol. The van der Waals surface area contributed by atoms with Crippen molar-refractivity contribution >= 4 is 21.7 Å². The zero-order valence-electron chi connectivity index (χ0n) is 9.72. The van der Waals surface area contributed by atoms with E-state index >= 15 is 0 Å². The van der Waals surface area contributed by atoms with E-state index in [1.165, 1.54) is 5.56 Å². The Balaban J connectivity index is 2.32. The van der Waals surface area contributed by atoms with Crippen LogP contribution < -0.4 is 5.32 Å². The summed E-state index contributed by atoms with van der Waals surface area (Å²) in [6.45, 7) is 9.76. The molecule has 0 saturated carbocycles. The Labute approximate surface area is 105 Å². The van der Waals surface area contributed by atoms with Gasteiger partial charge in [-0.1, -0.05) is 12.2 Å². The molecular formula is C12H17BrN2O. The van der Waals surface area contributed by atoms with Crippen molar-refractivity contribution in [3.8, 4) is 0 Å². The third kappa shape index (κ3) is 4.33. The maximum Gasteiger partial charge on any atom is 0.140 e. The Morgan fingerprint density at radius 3 is 3.06 bits per heavy atom. The topological polar surface area (TPSA) is 34.1 Å². The van der Waals surface area contributed by atoms with Crippen LogP contribution in [0, 0.1) is 6.92 Å². The molecule has 1 rings (SSSR count). The summed E-state index contributed by atoms with van der Waals surface area (Å²) in [5.41, 5.74) is 2.20. The van der Waals surface area contributed by atoms with E-state index in [1.807, 2.05) is 19.9 Å². The first-order valence-electron chi connectivity index (χ1n) is 5.18. The zero-order chi connectivity index (χ0) is 12.0. The quantitative estimate of drug-likeness (QED) is 0.644. The Morgan fingerprint density at radius 2 is 2.38 bits per heavy atom. The minimum Gasteiger partial charge on any atom is -0.375 e. The van der Waals surface area contributed by atoms with Crippen LogP contribution in [0.1, 0.15) is 12.5 Å². The molecule has 0 amide bonds. The molecule has 0 aromatic carbocycles. The molecule has 3 nitrogen and oxygen atoms in total. The number of anilines is 1. The summed E-state index contributed by atoms with van der Waals surface area (Å²) in [6.07, 6.45) is 1.79. The van der Waals surface area contributed by atoms with Gasteiger partial charge in [-0.3, -0.25) is 0 Å². The molecule has 0 fully saturated rings. The molecule has 0 aliphatic rings. The number of ether oxygens (including phenoxy) is 1. The number of rotatable bonds is 6. The molecule has 0 radical (unpaired) electrons. The summed E-state index contributed by atoms with van der Waals surface area (Å²) in [5.74, 6) is 0.860. The number of aryl methyl sites for hydroxylation is 1. The molecule has 1 aromatic rings. The lowest BCUT2D eigenvalue weighted by atomic mass is 10.3. The molecule has 0 aliphatic heterocycles. The third-order valence-corrected chi connectivity index (χ3v) is 2.97. The van der Waals surface area contributed by atoms with Crippen LogP contribution in [-0.2, 0) is 4.74 Å². The fraction of sp³-hybridized carbons (Fsp3) is 0.417. The molecule has 16 heavy (non-hydrogen) atoms. The van der Waals surface area contributed by atoms with Crippen LogP contribution in [0.25, 0.3) is 0 Å². The van der Waals surface area contributed by atoms with Crippen LogP contribution in [0.4, 0.5) is 5.82 Å². The number of halogens is 1. The van der Waals surface area contributed by atoms with Crippen LogP contribution in [0.5, 0.6) is 0 Å². The summed E-state index contributed by atoms with van der Waals surface area (Å²) in [5, 5.41) is 3.21. The molecule has 1 N–H and O–H groups in total. The predicted molar refractivity (Wildman–Crippen MR) is 70.8 cm³/mol. The summed E-state index contributed by atoms with van der Waals surface area (Å²) < 4.78 is 6.39. The van der Waals surface area contributed by atoms with Crippen molar-refractivity contribution in [1.82, 2.24) is 4.98 Å². The molecular weight excluding hydrogens is 268 g/mol. The van der Waals surface area contributed by atoms with Crippen molar-refractivity contribution in [2.24, 2.45) is 0 Å². The zero-order valence-corrected chi connectivity index (χ0v) is 11.3. The lowest BCUT2D eigenvalue weighted by Crippen LogP contribution is -2.11. The van der Waals surface area contributed by atoms with Gasteiger partial charge in [-0.2, -0.15) is 0 Å². The fourth-order valence-corrected chi connectivity index (χ4v) is 1.53. The van der Waals surface area contributed by atoms with Gasteiger partial charge in [0, 0.05) is 12.7 Å². The van der Waals surface area contributed by atoms with Crippen molar-refractivity contribution in [1.29, 1.82) is 0 Å². The second-order valence-electron chi connectivity index (χ2n) is 3.73. The van der Waals surface area contributed by atoms with Gasteiger partial charge >= 0.3 is 0 Å². The minimum atomic E-state index is 0.615. The average molecular weight is 285 g/mol. The van der Waals surface area contributed by atoms with E-state index in [9.17, 15) is 0 Å². The largest absolute Gasteiger partial charge is 0.375 e. The number of nitrogens with one attached hydrogen (secondary N) is 1. The second kappa shape index (κ2) is 6.66. The van der Waals surface area contributed by atoms with Gasteiger partial charge in [-0.05, 0) is 41.4 Å². The molecule has 4 heteroatoms. The Morgan fingerprint density at radius 1 is 1.62 bits per heavy atom. The standard InChI is InChI=1S/C12H17BrN2O/c1-9(2)8-16-7-6-15-12-11(13)10(3)4-5-14-12/h4-5H,1,6-8H2,2-3H3,(H,14,15). The maximum absolute atomic E-state index is 5.38. The number of pyridine rings is 1. The molecule has 1 heterocycles. The molecule has 0 unspecified atom stereocenters. The van der Waals surface area contributed by atoms with Crippen LogP contribution >= 0.6 is 15.9 Å². The van der Waals surface area contributed by atoms with E-state index in [0.29, 0.717) is 13.2 Å². The molecule has 0 saturated heterocycles. The van der Waals surface area contributed by atoms with E-state index < -0.39 is 0 Å². The molecule has 1 aromatic heterocycles. The number of hydrogen-bond acceptors (Lipinski definition) is 3. The summed E-state index contributed by atoms with van der Waals surface area (Å²) >= 11 is 3.49. The van der Waals surface area contributed by atoms with Crippen molar-refractivity contribution in [3.05, 3.63) is 34.5 Å². The van der Waals surface area contributed by atoms with E-state index in [0.717, 1.165) is 22.4 Å². The number of hydrogen-bond donors (Lipinski definition) is 1. The highest BCUT2D eigenvalue weighted by atomic mass is 79.9. The number of nitrogens with zero attached hydrogens (tertiary/aromatic N) is 1.